The van der Waals surface area contributed by atoms with Crippen LogP contribution in [0.3, 0.4) is 0 Å². The SMILES string of the molecule is Cc1c(C(=O)NC(C)C2CN(C)CCO2)cccc1-c1ccccn1. The number of nitrogens with zero attached hydrogens (tertiary/aromatic N) is 2. The summed E-state index contributed by atoms with van der Waals surface area (Å²) in [6.45, 7) is 6.43. The van der Waals surface area contributed by atoms with E-state index in [0.29, 0.717) is 12.2 Å². The first-order chi connectivity index (χ1) is 12.1. The molecular weight excluding hydrogens is 314 g/mol. The van der Waals surface area contributed by atoms with Crippen molar-refractivity contribution in [3.05, 3.63) is 53.7 Å². The third-order valence-corrected chi connectivity index (χ3v) is 4.73. The maximum Gasteiger partial charge on any atom is 0.251 e. The topological polar surface area (TPSA) is 54.5 Å². The van der Waals surface area contributed by atoms with E-state index in [2.05, 4.69) is 22.2 Å². The van der Waals surface area contributed by atoms with Crippen LogP contribution in [0, 0.1) is 6.92 Å². The van der Waals surface area contributed by atoms with E-state index in [0.717, 1.165) is 29.9 Å². The Morgan fingerprint density at radius 1 is 1.32 bits per heavy atom. The Kier molecular flexibility index (Phi) is 5.46. The van der Waals surface area contributed by atoms with E-state index >= 15 is 0 Å². The Balaban J connectivity index is 1.76. The predicted octanol–water partition coefficient (Wildman–Crippen LogP) is 2.51. The summed E-state index contributed by atoms with van der Waals surface area (Å²) in [4.78, 5) is 19.4. The number of amides is 1. The van der Waals surface area contributed by atoms with E-state index in [4.69, 9.17) is 4.74 Å². The summed E-state index contributed by atoms with van der Waals surface area (Å²) in [5.41, 5.74) is 3.47. The van der Waals surface area contributed by atoms with Crippen LogP contribution in [0.5, 0.6) is 0 Å². The summed E-state index contributed by atoms with van der Waals surface area (Å²) >= 11 is 0. The molecule has 1 N–H and O–H groups in total. The maximum absolute atomic E-state index is 12.8. The molecule has 1 aliphatic rings. The van der Waals surface area contributed by atoms with Crippen LogP contribution in [0.4, 0.5) is 0 Å². The van der Waals surface area contributed by atoms with Gasteiger partial charge in [-0.1, -0.05) is 18.2 Å². The van der Waals surface area contributed by atoms with Gasteiger partial charge in [0.2, 0.25) is 0 Å². The fourth-order valence-corrected chi connectivity index (χ4v) is 3.17. The Morgan fingerprint density at radius 2 is 2.16 bits per heavy atom. The van der Waals surface area contributed by atoms with Crippen LogP contribution in [-0.2, 0) is 4.74 Å². The van der Waals surface area contributed by atoms with Crippen LogP contribution in [0.15, 0.2) is 42.6 Å². The summed E-state index contributed by atoms with van der Waals surface area (Å²) in [5.74, 6) is -0.0698. The number of hydrogen-bond donors (Lipinski definition) is 1. The average Bonchev–Trinajstić information content (AvgIpc) is 2.62. The lowest BCUT2D eigenvalue weighted by atomic mass is 9.98. The molecule has 132 valence electrons. The number of ether oxygens (including phenoxy) is 1. The average molecular weight is 339 g/mol. The Labute approximate surface area is 149 Å². The van der Waals surface area contributed by atoms with Crippen LogP contribution in [0.2, 0.25) is 0 Å². The molecule has 25 heavy (non-hydrogen) atoms. The molecule has 5 nitrogen and oxygen atoms in total. The molecule has 0 spiro atoms. The molecule has 2 atom stereocenters. The van der Waals surface area contributed by atoms with Crippen molar-refractivity contribution in [2.75, 3.05) is 26.7 Å². The van der Waals surface area contributed by atoms with Crippen molar-refractivity contribution < 1.29 is 9.53 Å². The second kappa shape index (κ2) is 7.76. The van der Waals surface area contributed by atoms with Gasteiger partial charge in [-0.2, -0.15) is 0 Å². The van der Waals surface area contributed by atoms with Crippen molar-refractivity contribution in [1.82, 2.24) is 15.2 Å². The number of morpholine rings is 1. The number of hydrogen-bond acceptors (Lipinski definition) is 4. The molecule has 5 heteroatoms. The van der Waals surface area contributed by atoms with Gasteiger partial charge in [0.25, 0.3) is 5.91 Å². The van der Waals surface area contributed by atoms with Gasteiger partial charge in [0.05, 0.1) is 24.4 Å². The molecule has 0 aliphatic carbocycles. The summed E-state index contributed by atoms with van der Waals surface area (Å²) in [5, 5.41) is 3.09. The molecule has 1 aliphatic heterocycles. The van der Waals surface area contributed by atoms with Crippen LogP contribution in [-0.4, -0.2) is 54.7 Å². The summed E-state index contributed by atoms with van der Waals surface area (Å²) in [6, 6.07) is 11.5. The van der Waals surface area contributed by atoms with Gasteiger partial charge in [0, 0.05) is 30.4 Å². The molecule has 1 amide bonds. The van der Waals surface area contributed by atoms with Crippen LogP contribution in [0.25, 0.3) is 11.3 Å². The monoisotopic (exact) mass is 339 g/mol. The molecule has 1 saturated heterocycles. The highest BCUT2D eigenvalue weighted by molar-refractivity contribution is 5.97. The van der Waals surface area contributed by atoms with Gasteiger partial charge in [0.15, 0.2) is 0 Å². The third-order valence-electron chi connectivity index (χ3n) is 4.73. The van der Waals surface area contributed by atoms with E-state index in [1.54, 1.807) is 6.20 Å². The van der Waals surface area contributed by atoms with Gasteiger partial charge >= 0.3 is 0 Å². The predicted molar refractivity (Wildman–Crippen MR) is 98.6 cm³/mol. The second-order valence-electron chi connectivity index (χ2n) is 6.63. The summed E-state index contributed by atoms with van der Waals surface area (Å²) < 4.78 is 5.80. The number of nitrogens with one attached hydrogen (secondary N) is 1. The van der Waals surface area contributed by atoms with Crippen molar-refractivity contribution in [1.29, 1.82) is 0 Å². The van der Waals surface area contributed by atoms with Crippen molar-refractivity contribution in [2.45, 2.75) is 26.0 Å². The van der Waals surface area contributed by atoms with E-state index < -0.39 is 0 Å². The number of benzene rings is 1. The van der Waals surface area contributed by atoms with Crippen molar-refractivity contribution >= 4 is 5.91 Å². The maximum atomic E-state index is 12.8. The lowest BCUT2D eigenvalue weighted by molar-refractivity contribution is -0.0342. The van der Waals surface area contributed by atoms with Gasteiger partial charge in [-0.3, -0.25) is 9.78 Å². The molecule has 2 aromatic rings. The van der Waals surface area contributed by atoms with Crippen LogP contribution < -0.4 is 5.32 Å². The highest BCUT2D eigenvalue weighted by atomic mass is 16.5. The minimum absolute atomic E-state index is 0.0157. The lowest BCUT2D eigenvalue weighted by Crippen LogP contribution is -2.51. The zero-order valence-electron chi connectivity index (χ0n) is 15.0. The number of likely N-dealkylation sites (N-methyl/N-ethyl adjacent to an activating group) is 1. The number of pyridine rings is 1. The molecular formula is C20H25N3O2. The Morgan fingerprint density at radius 3 is 2.88 bits per heavy atom. The third kappa shape index (κ3) is 4.06. The normalized spacial score (nSPS) is 19.4. The smallest absolute Gasteiger partial charge is 0.251 e. The number of aromatic nitrogens is 1. The minimum Gasteiger partial charge on any atom is -0.373 e. The van der Waals surface area contributed by atoms with E-state index in [9.17, 15) is 4.79 Å². The molecule has 2 unspecified atom stereocenters. The lowest BCUT2D eigenvalue weighted by Gasteiger charge is -2.34. The first-order valence-corrected chi connectivity index (χ1v) is 8.68. The van der Waals surface area contributed by atoms with Crippen LogP contribution >= 0.6 is 0 Å². The zero-order chi connectivity index (χ0) is 17.8. The second-order valence-corrected chi connectivity index (χ2v) is 6.63. The van der Waals surface area contributed by atoms with Crippen molar-refractivity contribution in [3.63, 3.8) is 0 Å². The highest BCUT2D eigenvalue weighted by Gasteiger charge is 2.25. The molecule has 1 aromatic heterocycles. The largest absolute Gasteiger partial charge is 0.373 e. The number of rotatable bonds is 4. The molecule has 1 fully saturated rings. The van der Waals surface area contributed by atoms with E-state index in [1.165, 1.54) is 0 Å². The first kappa shape index (κ1) is 17.6. The molecule has 0 bridgehead atoms. The van der Waals surface area contributed by atoms with E-state index in [1.807, 2.05) is 50.2 Å². The molecule has 2 heterocycles. The zero-order valence-corrected chi connectivity index (χ0v) is 15.0. The molecule has 0 radical (unpaired) electrons. The fourth-order valence-electron chi connectivity index (χ4n) is 3.17. The minimum atomic E-state index is -0.0698. The summed E-state index contributed by atoms with van der Waals surface area (Å²) in [7, 11) is 2.07. The van der Waals surface area contributed by atoms with Gasteiger partial charge < -0.3 is 15.0 Å². The molecule has 3 rings (SSSR count). The van der Waals surface area contributed by atoms with Gasteiger partial charge in [-0.15, -0.1) is 0 Å². The Bertz CT molecular complexity index is 733. The van der Waals surface area contributed by atoms with Gasteiger partial charge in [0.1, 0.15) is 0 Å². The molecule has 1 aromatic carbocycles. The number of carbonyl (C=O) groups excluding carboxylic acids is 1. The Hall–Kier alpha value is -2.24. The van der Waals surface area contributed by atoms with Crippen molar-refractivity contribution in [3.8, 4) is 11.3 Å². The van der Waals surface area contributed by atoms with E-state index in [-0.39, 0.29) is 18.1 Å². The summed E-state index contributed by atoms with van der Waals surface area (Å²) in [6.07, 6.45) is 1.78. The van der Waals surface area contributed by atoms with Crippen molar-refractivity contribution in [2.24, 2.45) is 0 Å². The van der Waals surface area contributed by atoms with Gasteiger partial charge in [-0.05, 0) is 44.7 Å². The highest BCUT2D eigenvalue weighted by Crippen LogP contribution is 2.24. The standard InChI is InChI=1S/C20H25N3O2/c1-14-16(18-9-4-5-10-21-18)7-6-8-17(14)20(24)22-15(2)19-13-23(3)11-12-25-19/h4-10,15,19H,11-13H2,1-3H3,(H,22,24). The van der Waals surface area contributed by atoms with Crippen LogP contribution in [0.1, 0.15) is 22.8 Å². The quantitative estimate of drug-likeness (QED) is 0.930. The molecule has 0 saturated carbocycles. The first-order valence-electron chi connectivity index (χ1n) is 8.68. The fraction of sp³-hybridized carbons (Fsp3) is 0.400. The number of carbonyl (C=O) groups is 1. The van der Waals surface area contributed by atoms with Gasteiger partial charge in [-0.25, -0.2) is 0 Å².